The second kappa shape index (κ2) is 4.86. The van der Waals surface area contributed by atoms with Crippen LogP contribution in [0.15, 0.2) is 28.9 Å². The fourth-order valence-corrected chi connectivity index (χ4v) is 2.52. The highest BCUT2D eigenvalue weighted by Crippen LogP contribution is 2.25. The van der Waals surface area contributed by atoms with Crippen LogP contribution in [0.2, 0.25) is 0 Å². The van der Waals surface area contributed by atoms with Crippen LogP contribution in [0.25, 0.3) is 0 Å². The molecule has 0 bridgehead atoms. The molecule has 1 amide bonds. The zero-order valence-electron chi connectivity index (χ0n) is 10.2. The molecule has 4 nitrogen and oxygen atoms in total. The minimum atomic E-state index is -0.194. The van der Waals surface area contributed by atoms with Gasteiger partial charge in [-0.2, -0.15) is 0 Å². The summed E-state index contributed by atoms with van der Waals surface area (Å²) in [6, 6.07) is 5.54. The van der Waals surface area contributed by atoms with Crippen molar-refractivity contribution in [3.05, 3.63) is 45.7 Å². The van der Waals surface area contributed by atoms with Crippen LogP contribution < -0.4 is 11.1 Å². The van der Waals surface area contributed by atoms with Crippen LogP contribution >= 0.6 is 15.9 Å². The van der Waals surface area contributed by atoms with E-state index in [1.54, 1.807) is 12.3 Å². The highest BCUT2D eigenvalue weighted by atomic mass is 79.9. The van der Waals surface area contributed by atoms with Crippen molar-refractivity contribution in [3.8, 4) is 0 Å². The fourth-order valence-electron chi connectivity index (χ4n) is 1.83. The van der Waals surface area contributed by atoms with Crippen molar-refractivity contribution in [1.29, 1.82) is 0 Å². The van der Waals surface area contributed by atoms with E-state index in [1.165, 1.54) is 0 Å². The number of aromatic amines is 1. The Balaban J connectivity index is 2.27. The van der Waals surface area contributed by atoms with E-state index in [0.717, 1.165) is 21.3 Å². The molecule has 0 fully saturated rings. The number of hydrogen-bond donors (Lipinski definition) is 3. The van der Waals surface area contributed by atoms with E-state index in [2.05, 4.69) is 26.2 Å². The Morgan fingerprint density at radius 1 is 1.28 bits per heavy atom. The van der Waals surface area contributed by atoms with E-state index in [4.69, 9.17) is 5.73 Å². The van der Waals surface area contributed by atoms with Gasteiger partial charge in [0.15, 0.2) is 0 Å². The number of anilines is 2. The van der Waals surface area contributed by atoms with Gasteiger partial charge in [-0.05, 0) is 43.2 Å². The van der Waals surface area contributed by atoms with Gasteiger partial charge in [0, 0.05) is 22.0 Å². The molecule has 0 saturated heterocycles. The number of rotatable bonds is 2. The normalized spacial score (nSPS) is 10.4. The maximum atomic E-state index is 12.0. The molecule has 0 unspecified atom stereocenters. The van der Waals surface area contributed by atoms with Crippen LogP contribution in [-0.2, 0) is 0 Å². The van der Waals surface area contributed by atoms with E-state index in [9.17, 15) is 4.79 Å². The summed E-state index contributed by atoms with van der Waals surface area (Å²) in [5.74, 6) is -0.194. The standard InChI is InChI=1S/C13H14BrN3O/c1-7-3-9(14)4-8(2)12(7)17-13(18)11-5-10(15)6-16-11/h3-6,16H,15H2,1-2H3,(H,17,18). The minimum Gasteiger partial charge on any atom is -0.397 e. The Bertz CT molecular complexity index is 581. The topological polar surface area (TPSA) is 70.9 Å². The van der Waals surface area contributed by atoms with Crippen molar-refractivity contribution in [2.24, 2.45) is 0 Å². The molecule has 0 saturated carbocycles. The monoisotopic (exact) mass is 307 g/mol. The third kappa shape index (κ3) is 2.56. The minimum absolute atomic E-state index is 0.194. The van der Waals surface area contributed by atoms with E-state index >= 15 is 0 Å². The molecule has 0 radical (unpaired) electrons. The second-order valence-electron chi connectivity index (χ2n) is 4.22. The van der Waals surface area contributed by atoms with Crippen molar-refractivity contribution in [2.45, 2.75) is 13.8 Å². The van der Waals surface area contributed by atoms with E-state index in [0.29, 0.717) is 11.4 Å². The van der Waals surface area contributed by atoms with Crippen LogP contribution in [0.3, 0.4) is 0 Å². The summed E-state index contributed by atoms with van der Waals surface area (Å²) in [7, 11) is 0. The number of carbonyl (C=O) groups is 1. The first-order valence-corrected chi connectivity index (χ1v) is 6.28. The van der Waals surface area contributed by atoms with Crippen LogP contribution in [0.1, 0.15) is 21.6 Å². The van der Waals surface area contributed by atoms with Gasteiger partial charge in [-0.25, -0.2) is 0 Å². The molecule has 4 N–H and O–H groups in total. The summed E-state index contributed by atoms with van der Waals surface area (Å²) >= 11 is 3.43. The molecule has 0 spiro atoms. The van der Waals surface area contributed by atoms with E-state index in [-0.39, 0.29) is 5.91 Å². The molecule has 0 aliphatic heterocycles. The lowest BCUT2D eigenvalue weighted by Gasteiger charge is -2.11. The summed E-state index contributed by atoms with van der Waals surface area (Å²) < 4.78 is 1.000. The Morgan fingerprint density at radius 2 is 1.89 bits per heavy atom. The third-order valence-electron chi connectivity index (χ3n) is 2.69. The molecule has 1 aromatic heterocycles. The highest BCUT2D eigenvalue weighted by molar-refractivity contribution is 9.10. The number of hydrogen-bond acceptors (Lipinski definition) is 2. The zero-order valence-corrected chi connectivity index (χ0v) is 11.8. The molecular formula is C13H14BrN3O. The van der Waals surface area contributed by atoms with E-state index < -0.39 is 0 Å². The summed E-state index contributed by atoms with van der Waals surface area (Å²) in [6.07, 6.45) is 1.59. The molecule has 0 atom stereocenters. The van der Waals surface area contributed by atoms with Crippen LogP contribution in [0, 0.1) is 13.8 Å². The Labute approximate surface area is 114 Å². The summed E-state index contributed by atoms with van der Waals surface area (Å²) in [4.78, 5) is 14.8. The van der Waals surface area contributed by atoms with Gasteiger partial charge < -0.3 is 16.0 Å². The van der Waals surface area contributed by atoms with Gasteiger partial charge in [0.25, 0.3) is 5.91 Å². The third-order valence-corrected chi connectivity index (χ3v) is 3.14. The molecule has 5 heteroatoms. The number of amides is 1. The number of nitrogens with two attached hydrogens (primary N) is 1. The van der Waals surface area contributed by atoms with Crippen molar-refractivity contribution in [3.63, 3.8) is 0 Å². The van der Waals surface area contributed by atoms with Crippen molar-refractivity contribution >= 4 is 33.2 Å². The lowest BCUT2D eigenvalue weighted by molar-refractivity contribution is 0.102. The molecule has 18 heavy (non-hydrogen) atoms. The number of nitrogens with one attached hydrogen (secondary N) is 2. The zero-order chi connectivity index (χ0) is 13.3. The van der Waals surface area contributed by atoms with Gasteiger partial charge in [-0.1, -0.05) is 15.9 Å². The number of nitrogen functional groups attached to an aromatic ring is 1. The average molecular weight is 308 g/mol. The number of aromatic nitrogens is 1. The lowest BCUT2D eigenvalue weighted by atomic mass is 10.1. The number of halogens is 1. The number of aryl methyl sites for hydroxylation is 2. The highest BCUT2D eigenvalue weighted by Gasteiger charge is 2.11. The van der Waals surface area contributed by atoms with Crippen molar-refractivity contribution in [1.82, 2.24) is 4.98 Å². The molecule has 0 aliphatic rings. The smallest absolute Gasteiger partial charge is 0.272 e. The number of H-pyrrole nitrogens is 1. The first kappa shape index (κ1) is 12.7. The second-order valence-corrected chi connectivity index (χ2v) is 5.13. The quantitative estimate of drug-likeness (QED) is 0.797. The molecular weight excluding hydrogens is 294 g/mol. The predicted molar refractivity (Wildman–Crippen MR) is 76.8 cm³/mol. The van der Waals surface area contributed by atoms with Gasteiger partial charge >= 0.3 is 0 Å². The van der Waals surface area contributed by atoms with Crippen LogP contribution in [0.5, 0.6) is 0 Å². The first-order chi connectivity index (χ1) is 8.47. The Kier molecular flexibility index (Phi) is 3.43. The average Bonchev–Trinajstić information content (AvgIpc) is 2.70. The van der Waals surface area contributed by atoms with E-state index in [1.807, 2.05) is 26.0 Å². The molecule has 2 aromatic rings. The van der Waals surface area contributed by atoms with Gasteiger partial charge in [0.1, 0.15) is 5.69 Å². The summed E-state index contributed by atoms with van der Waals surface area (Å²) in [5, 5.41) is 2.89. The van der Waals surface area contributed by atoms with Gasteiger partial charge in [-0.15, -0.1) is 0 Å². The first-order valence-electron chi connectivity index (χ1n) is 5.49. The number of carbonyl (C=O) groups excluding carboxylic acids is 1. The maximum absolute atomic E-state index is 12.0. The van der Waals surface area contributed by atoms with Gasteiger partial charge in [0.2, 0.25) is 0 Å². The predicted octanol–water partition coefficient (Wildman–Crippen LogP) is 3.23. The largest absolute Gasteiger partial charge is 0.397 e. The van der Waals surface area contributed by atoms with Gasteiger partial charge in [0.05, 0.1) is 0 Å². The molecule has 2 rings (SSSR count). The summed E-state index contributed by atoms with van der Waals surface area (Å²) in [6.45, 7) is 3.91. The lowest BCUT2D eigenvalue weighted by Crippen LogP contribution is -2.14. The van der Waals surface area contributed by atoms with Crippen molar-refractivity contribution < 1.29 is 4.79 Å². The summed E-state index contributed by atoms with van der Waals surface area (Å²) in [5.41, 5.74) is 9.42. The SMILES string of the molecule is Cc1cc(Br)cc(C)c1NC(=O)c1cc(N)c[nH]1. The molecule has 0 aliphatic carbocycles. The number of benzene rings is 1. The van der Waals surface area contributed by atoms with Gasteiger partial charge in [-0.3, -0.25) is 4.79 Å². The molecule has 1 aromatic carbocycles. The maximum Gasteiger partial charge on any atom is 0.272 e. The van der Waals surface area contributed by atoms with Crippen LogP contribution in [0.4, 0.5) is 11.4 Å². The molecule has 1 heterocycles. The Morgan fingerprint density at radius 3 is 2.39 bits per heavy atom. The Hall–Kier alpha value is -1.75. The molecule has 94 valence electrons. The van der Waals surface area contributed by atoms with Crippen LogP contribution in [-0.4, -0.2) is 10.9 Å². The van der Waals surface area contributed by atoms with Crippen molar-refractivity contribution in [2.75, 3.05) is 11.1 Å². The fraction of sp³-hybridized carbons (Fsp3) is 0.154.